The first-order valence-corrected chi connectivity index (χ1v) is 13.5. The Kier molecular flexibility index (Phi) is 9.32. The quantitative estimate of drug-likeness (QED) is 0.157. The summed E-state index contributed by atoms with van der Waals surface area (Å²) in [5.41, 5.74) is 0. The predicted molar refractivity (Wildman–Crippen MR) is 141 cm³/mol. The topological polar surface area (TPSA) is 0 Å². The molecule has 0 aliphatic rings. The Morgan fingerprint density at radius 3 is 1.48 bits per heavy atom. The maximum absolute atomic E-state index is 4.30. The van der Waals surface area contributed by atoms with Crippen molar-refractivity contribution >= 4 is 23.2 Å². The number of hydrogen-bond donors (Lipinski definition) is 0. The summed E-state index contributed by atoms with van der Waals surface area (Å²) in [7, 11) is -1.99. The molecule has 0 aromatic heterocycles. The van der Waals surface area contributed by atoms with E-state index in [1.165, 1.54) is 59.8 Å². The first kappa shape index (κ1) is 23.2. The molecule has 0 aliphatic carbocycles. The third kappa shape index (κ3) is 5.63. The van der Waals surface area contributed by atoms with Crippen LogP contribution in [0, 0.1) is 0 Å². The molecule has 0 saturated heterocycles. The van der Waals surface area contributed by atoms with Crippen LogP contribution >= 0.6 is 7.26 Å². The van der Waals surface area contributed by atoms with Crippen LogP contribution in [-0.4, -0.2) is 0 Å². The molecule has 0 spiro atoms. The fourth-order valence-electron chi connectivity index (χ4n) is 4.38. The normalized spacial score (nSPS) is 12.0. The second-order valence-corrected chi connectivity index (χ2v) is 11.5. The van der Waals surface area contributed by atoms with Gasteiger partial charge < -0.3 is 0 Å². The molecule has 0 heterocycles. The van der Waals surface area contributed by atoms with Gasteiger partial charge in [0.05, 0.1) is 0 Å². The Labute approximate surface area is 190 Å². The SMILES string of the molecule is C=C/C(=C/CCCCCCCC)[P+](c1ccccc1)(c1ccccc1)c1ccccc1. The van der Waals surface area contributed by atoms with Crippen molar-refractivity contribution in [1.29, 1.82) is 0 Å². The Balaban J connectivity index is 2.06. The summed E-state index contributed by atoms with van der Waals surface area (Å²) in [4.78, 5) is 0. The van der Waals surface area contributed by atoms with Crippen LogP contribution in [-0.2, 0) is 0 Å². The Hall–Kier alpha value is -2.43. The molecule has 0 aliphatic heterocycles. The van der Waals surface area contributed by atoms with Crippen molar-refractivity contribution < 1.29 is 0 Å². The van der Waals surface area contributed by atoms with Crippen molar-refractivity contribution in [2.75, 3.05) is 0 Å². The molecule has 3 aromatic carbocycles. The van der Waals surface area contributed by atoms with Gasteiger partial charge in [-0.3, -0.25) is 0 Å². The highest BCUT2D eigenvalue weighted by molar-refractivity contribution is 7.99. The number of rotatable bonds is 12. The molecule has 0 nitrogen and oxygen atoms in total. The molecule has 0 bridgehead atoms. The second kappa shape index (κ2) is 12.4. The molecular formula is C30H36P+. The summed E-state index contributed by atoms with van der Waals surface area (Å²) in [5.74, 6) is 0. The lowest BCUT2D eigenvalue weighted by Gasteiger charge is -2.28. The number of allylic oxidation sites excluding steroid dienone is 3. The zero-order valence-corrected chi connectivity index (χ0v) is 19.8. The average Bonchev–Trinajstić information content (AvgIpc) is 2.84. The average molecular weight is 428 g/mol. The lowest BCUT2D eigenvalue weighted by atomic mass is 10.1. The first-order chi connectivity index (χ1) is 15.3. The lowest BCUT2D eigenvalue weighted by Crippen LogP contribution is -2.32. The van der Waals surface area contributed by atoms with E-state index >= 15 is 0 Å². The summed E-state index contributed by atoms with van der Waals surface area (Å²) < 4.78 is 0. The largest absolute Gasteiger partial charge is 0.143 e. The highest BCUT2D eigenvalue weighted by atomic mass is 31.2. The highest BCUT2D eigenvalue weighted by Crippen LogP contribution is 2.62. The monoisotopic (exact) mass is 427 g/mol. The molecule has 3 rings (SSSR count). The van der Waals surface area contributed by atoms with Gasteiger partial charge in [0.15, 0.2) is 0 Å². The van der Waals surface area contributed by atoms with E-state index in [0.717, 1.165) is 6.42 Å². The van der Waals surface area contributed by atoms with Crippen LogP contribution in [0.2, 0.25) is 0 Å². The van der Waals surface area contributed by atoms with Crippen LogP contribution < -0.4 is 15.9 Å². The molecule has 0 fully saturated rings. The first-order valence-electron chi connectivity index (χ1n) is 11.7. The van der Waals surface area contributed by atoms with Gasteiger partial charge in [-0.1, -0.05) is 100 Å². The molecule has 0 saturated carbocycles. The van der Waals surface area contributed by atoms with Crippen molar-refractivity contribution in [3.05, 3.63) is 115 Å². The maximum Gasteiger partial charge on any atom is 0.143 e. The molecule has 0 N–H and O–H groups in total. The Morgan fingerprint density at radius 1 is 0.645 bits per heavy atom. The summed E-state index contributed by atoms with van der Waals surface area (Å²) >= 11 is 0. The molecule has 160 valence electrons. The van der Waals surface area contributed by atoms with Crippen molar-refractivity contribution in [3.8, 4) is 0 Å². The number of benzene rings is 3. The zero-order valence-electron chi connectivity index (χ0n) is 18.9. The highest BCUT2D eigenvalue weighted by Gasteiger charge is 2.48. The van der Waals surface area contributed by atoms with E-state index in [0.29, 0.717) is 0 Å². The minimum Gasteiger partial charge on any atom is -0.0951 e. The van der Waals surface area contributed by atoms with Crippen molar-refractivity contribution in [3.63, 3.8) is 0 Å². The van der Waals surface area contributed by atoms with Crippen molar-refractivity contribution in [1.82, 2.24) is 0 Å². The van der Waals surface area contributed by atoms with E-state index in [9.17, 15) is 0 Å². The van der Waals surface area contributed by atoms with Gasteiger partial charge >= 0.3 is 0 Å². The standard InChI is InChI=1S/C30H36P/c1-3-5-6-7-8-9-13-20-27(4-2)31(28-21-14-10-15-22-28,29-23-16-11-17-24-29)30-25-18-12-19-26-30/h4,10-12,14-26H,2-3,5-9,13H2,1H3/q+1/b27-20-. The molecule has 1 heteroatoms. The van der Waals surface area contributed by atoms with Crippen LogP contribution in [0.25, 0.3) is 0 Å². The summed E-state index contributed by atoms with van der Waals surface area (Å²) in [6.07, 6.45) is 13.7. The lowest BCUT2D eigenvalue weighted by molar-refractivity contribution is 0.611. The molecule has 0 atom stereocenters. The Morgan fingerprint density at radius 2 is 1.06 bits per heavy atom. The summed E-state index contributed by atoms with van der Waals surface area (Å²) in [6.45, 7) is 6.58. The van der Waals surface area contributed by atoms with Crippen LogP contribution in [0.3, 0.4) is 0 Å². The zero-order chi connectivity index (χ0) is 21.8. The van der Waals surface area contributed by atoms with Gasteiger partial charge in [-0.25, -0.2) is 0 Å². The molecule has 3 aromatic rings. The minimum atomic E-state index is -1.99. The third-order valence-electron chi connectivity index (χ3n) is 5.94. The van der Waals surface area contributed by atoms with Crippen LogP contribution in [0.15, 0.2) is 115 Å². The molecular weight excluding hydrogens is 391 g/mol. The second-order valence-electron chi connectivity index (χ2n) is 8.07. The summed E-state index contributed by atoms with van der Waals surface area (Å²) in [6, 6.07) is 33.2. The number of unbranched alkanes of at least 4 members (excludes halogenated alkanes) is 6. The summed E-state index contributed by atoms with van der Waals surface area (Å²) in [5, 5.41) is 5.55. The van der Waals surface area contributed by atoms with Crippen LogP contribution in [0.1, 0.15) is 51.9 Å². The smallest absolute Gasteiger partial charge is 0.0951 e. The molecule has 0 unspecified atom stereocenters. The van der Waals surface area contributed by atoms with Gasteiger partial charge in [-0.2, -0.15) is 0 Å². The van der Waals surface area contributed by atoms with Gasteiger partial charge in [-0.15, -0.1) is 0 Å². The van der Waals surface area contributed by atoms with Gasteiger partial charge in [0.2, 0.25) is 0 Å². The fraction of sp³-hybridized carbons (Fsp3) is 0.267. The minimum absolute atomic E-state index is 1.11. The molecule has 0 amide bonds. The maximum atomic E-state index is 4.30. The van der Waals surface area contributed by atoms with E-state index in [1.807, 2.05) is 0 Å². The van der Waals surface area contributed by atoms with Crippen LogP contribution in [0.4, 0.5) is 0 Å². The fourth-order valence-corrected chi connectivity index (χ4v) is 8.70. The van der Waals surface area contributed by atoms with Gasteiger partial charge in [-0.05, 0) is 61.4 Å². The van der Waals surface area contributed by atoms with E-state index < -0.39 is 7.26 Å². The van der Waals surface area contributed by atoms with Gasteiger partial charge in [0, 0.05) is 0 Å². The van der Waals surface area contributed by atoms with Crippen molar-refractivity contribution in [2.45, 2.75) is 51.9 Å². The van der Waals surface area contributed by atoms with E-state index in [4.69, 9.17) is 0 Å². The molecule has 31 heavy (non-hydrogen) atoms. The number of hydrogen-bond acceptors (Lipinski definition) is 0. The Bertz CT molecular complexity index is 829. The van der Waals surface area contributed by atoms with Crippen LogP contribution in [0.5, 0.6) is 0 Å². The molecule has 0 radical (unpaired) electrons. The van der Waals surface area contributed by atoms with Crippen molar-refractivity contribution in [2.24, 2.45) is 0 Å². The third-order valence-corrected chi connectivity index (χ3v) is 10.3. The van der Waals surface area contributed by atoms with Gasteiger partial charge in [0.1, 0.15) is 28.5 Å². The predicted octanol–water partition coefficient (Wildman–Crippen LogP) is 7.80. The van der Waals surface area contributed by atoms with E-state index in [-0.39, 0.29) is 0 Å². The van der Waals surface area contributed by atoms with E-state index in [2.05, 4.69) is 117 Å². The van der Waals surface area contributed by atoms with Gasteiger partial charge in [0.25, 0.3) is 0 Å². The van der Waals surface area contributed by atoms with E-state index in [1.54, 1.807) is 0 Å².